The van der Waals surface area contributed by atoms with Crippen molar-refractivity contribution in [1.82, 2.24) is 15.1 Å². The van der Waals surface area contributed by atoms with Gasteiger partial charge in [-0.1, -0.05) is 6.92 Å². The Bertz CT molecular complexity index is 621. The fourth-order valence-electron chi connectivity index (χ4n) is 3.24. The van der Waals surface area contributed by atoms with Gasteiger partial charge < -0.3 is 29.9 Å². The standard InChI is InChI=1S/C21H37N5O2.HI/c1-6-22-21(23-15-17(3)16-26-12-10-25(4)11-13-26)24-18-8-9-19(27-5)20(14-18)28-7-2;/h8-9,14,17H,6-7,10-13,15-16H2,1-5H3,(H2,22,23,24);1H. The lowest BCUT2D eigenvalue weighted by molar-refractivity contribution is 0.140. The third-order valence-electron chi connectivity index (χ3n) is 4.80. The number of ether oxygens (including phenoxy) is 2. The van der Waals surface area contributed by atoms with Gasteiger partial charge in [0, 0.05) is 57.6 Å². The molecule has 0 aromatic heterocycles. The molecule has 0 saturated carbocycles. The molecule has 0 spiro atoms. The summed E-state index contributed by atoms with van der Waals surface area (Å²) in [6.45, 7) is 14.2. The van der Waals surface area contributed by atoms with E-state index in [1.165, 1.54) is 0 Å². The molecule has 0 aliphatic carbocycles. The number of nitrogens with zero attached hydrogens (tertiary/aromatic N) is 3. The third-order valence-corrected chi connectivity index (χ3v) is 4.80. The average Bonchev–Trinajstić information content (AvgIpc) is 2.69. The predicted molar refractivity (Wildman–Crippen MR) is 132 cm³/mol. The van der Waals surface area contributed by atoms with Crippen molar-refractivity contribution in [3.8, 4) is 11.5 Å². The molecule has 0 amide bonds. The zero-order valence-electron chi connectivity index (χ0n) is 18.5. The molecular formula is C21H38IN5O2. The number of guanidine groups is 1. The summed E-state index contributed by atoms with van der Waals surface area (Å²) < 4.78 is 11.0. The van der Waals surface area contributed by atoms with Gasteiger partial charge >= 0.3 is 0 Å². The summed E-state index contributed by atoms with van der Waals surface area (Å²) in [5, 5.41) is 6.70. The number of hydrogen-bond donors (Lipinski definition) is 2. The highest BCUT2D eigenvalue weighted by Crippen LogP contribution is 2.30. The Morgan fingerprint density at radius 1 is 1.17 bits per heavy atom. The van der Waals surface area contributed by atoms with Gasteiger partial charge in [-0.25, -0.2) is 0 Å². The van der Waals surface area contributed by atoms with Crippen LogP contribution < -0.4 is 20.1 Å². The lowest BCUT2D eigenvalue weighted by Gasteiger charge is -2.33. The second-order valence-corrected chi connectivity index (χ2v) is 7.35. The zero-order chi connectivity index (χ0) is 20.4. The van der Waals surface area contributed by atoms with E-state index < -0.39 is 0 Å². The van der Waals surface area contributed by atoms with Gasteiger partial charge in [0.2, 0.25) is 0 Å². The van der Waals surface area contributed by atoms with Gasteiger partial charge in [-0.2, -0.15) is 0 Å². The molecule has 7 nitrogen and oxygen atoms in total. The largest absolute Gasteiger partial charge is 0.493 e. The quantitative estimate of drug-likeness (QED) is 0.297. The van der Waals surface area contributed by atoms with Crippen LogP contribution in [0, 0.1) is 5.92 Å². The van der Waals surface area contributed by atoms with Crippen LogP contribution in [0.25, 0.3) is 0 Å². The lowest BCUT2D eigenvalue weighted by atomic mass is 10.1. The summed E-state index contributed by atoms with van der Waals surface area (Å²) in [5.41, 5.74) is 0.927. The summed E-state index contributed by atoms with van der Waals surface area (Å²) in [7, 11) is 3.84. The first kappa shape index (κ1) is 25.8. The number of piperazine rings is 1. The van der Waals surface area contributed by atoms with Gasteiger partial charge in [-0.15, -0.1) is 24.0 Å². The summed E-state index contributed by atoms with van der Waals surface area (Å²) in [6, 6.07) is 5.83. The molecule has 1 fully saturated rings. The van der Waals surface area contributed by atoms with E-state index in [9.17, 15) is 0 Å². The van der Waals surface area contributed by atoms with Gasteiger partial charge in [-0.05, 0) is 38.9 Å². The Morgan fingerprint density at radius 2 is 1.90 bits per heavy atom. The topological polar surface area (TPSA) is 61.4 Å². The van der Waals surface area contributed by atoms with E-state index in [1.54, 1.807) is 7.11 Å². The van der Waals surface area contributed by atoms with Crippen LogP contribution in [-0.2, 0) is 0 Å². The van der Waals surface area contributed by atoms with Crippen molar-refractivity contribution >= 4 is 35.6 Å². The van der Waals surface area contributed by atoms with E-state index in [2.05, 4.69) is 41.3 Å². The number of nitrogens with one attached hydrogen (secondary N) is 2. The Kier molecular flexibility index (Phi) is 12.3. The highest BCUT2D eigenvalue weighted by Gasteiger charge is 2.16. The van der Waals surface area contributed by atoms with Crippen molar-refractivity contribution in [2.75, 3.05) is 71.9 Å². The van der Waals surface area contributed by atoms with Gasteiger partial charge in [0.15, 0.2) is 17.5 Å². The molecule has 0 bridgehead atoms. The van der Waals surface area contributed by atoms with Gasteiger partial charge in [0.1, 0.15) is 0 Å². The average molecular weight is 519 g/mol. The van der Waals surface area contributed by atoms with Gasteiger partial charge in [0.05, 0.1) is 13.7 Å². The first-order valence-corrected chi connectivity index (χ1v) is 10.3. The van der Waals surface area contributed by atoms with Crippen LogP contribution in [0.3, 0.4) is 0 Å². The minimum atomic E-state index is 0. The number of benzene rings is 1. The lowest BCUT2D eigenvalue weighted by Crippen LogP contribution is -2.46. The fraction of sp³-hybridized carbons (Fsp3) is 0.667. The number of halogens is 1. The Morgan fingerprint density at radius 3 is 2.52 bits per heavy atom. The molecule has 166 valence electrons. The maximum Gasteiger partial charge on any atom is 0.195 e. The van der Waals surface area contributed by atoms with Crippen LogP contribution in [-0.4, -0.2) is 82.3 Å². The predicted octanol–water partition coefficient (Wildman–Crippen LogP) is 2.97. The van der Waals surface area contributed by atoms with Crippen LogP contribution in [0.4, 0.5) is 5.69 Å². The monoisotopic (exact) mass is 519 g/mol. The Labute approximate surface area is 193 Å². The molecule has 1 aromatic rings. The minimum Gasteiger partial charge on any atom is -0.493 e. The summed E-state index contributed by atoms with van der Waals surface area (Å²) in [5.74, 6) is 2.76. The van der Waals surface area contributed by atoms with E-state index in [0.29, 0.717) is 12.5 Å². The van der Waals surface area contributed by atoms with Crippen LogP contribution in [0.1, 0.15) is 20.8 Å². The normalized spacial score (nSPS) is 16.7. The zero-order valence-corrected chi connectivity index (χ0v) is 20.9. The number of rotatable bonds is 9. The molecule has 2 rings (SSSR count). The first-order valence-electron chi connectivity index (χ1n) is 10.3. The van der Waals surface area contributed by atoms with Crippen molar-refractivity contribution in [3.05, 3.63) is 18.2 Å². The van der Waals surface area contributed by atoms with Gasteiger partial charge in [0.25, 0.3) is 0 Å². The second kappa shape index (κ2) is 13.9. The second-order valence-electron chi connectivity index (χ2n) is 7.35. The molecule has 1 aliphatic heterocycles. The van der Waals surface area contributed by atoms with Crippen molar-refractivity contribution in [2.24, 2.45) is 10.9 Å². The van der Waals surface area contributed by atoms with Crippen LogP contribution in [0.2, 0.25) is 0 Å². The SMILES string of the molecule is CCNC(=NCC(C)CN1CCN(C)CC1)Nc1ccc(OC)c(OCC)c1.I. The molecule has 29 heavy (non-hydrogen) atoms. The molecule has 1 saturated heterocycles. The maximum atomic E-state index is 5.67. The van der Waals surface area contributed by atoms with Gasteiger partial charge in [-0.3, -0.25) is 4.99 Å². The van der Waals surface area contributed by atoms with Crippen molar-refractivity contribution in [3.63, 3.8) is 0 Å². The molecule has 1 aliphatic rings. The van der Waals surface area contributed by atoms with E-state index in [4.69, 9.17) is 14.5 Å². The number of aliphatic imine (C=N–C) groups is 1. The molecule has 1 heterocycles. The summed E-state index contributed by atoms with van der Waals surface area (Å²) in [4.78, 5) is 9.72. The van der Waals surface area contributed by atoms with E-state index in [0.717, 1.165) is 69.0 Å². The molecule has 1 unspecified atom stereocenters. The van der Waals surface area contributed by atoms with Crippen molar-refractivity contribution < 1.29 is 9.47 Å². The van der Waals surface area contributed by atoms with Crippen LogP contribution in [0.5, 0.6) is 11.5 Å². The van der Waals surface area contributed by atoms with Crippen molar-refractivity contribution in [1.29, 1.82) is 0 Å². The molecule has 8 heteroatoms. The van der Waals surface area contributed by atoms with E-state index >= 15 is 0 Å². The Balaban J connectivity index is 0.00000420. The molecule has 2 N–H and O–H groups in total. The molecule has 1 atom stereocenters. The number of likely N-dealkylation sites (N-methyl/N-ethyl adjacent to an activating group) is 1. The third kappa shape index (κ3) is 8.96. The van der Waals surface area contributed by atoms with E-state index in [-0.39, 0.29) is 24.0 Å². The van der Waals surface area contributed by atoms with Crippen LogP contribution >= 0.6 is 24.0 Å². The van der Waals surface area contributed by atoms with Crippen molar-refractivity contribution in [2.45, 2.75) is 20.8 Å². The molecule has 1 aromatic carbocycles. The summed E-state index contributed by atoms with van der Waals surface area (Å²) in [6.07, 6.45) is 0. The highest BCUT2D eigenvalue weighted by molar-refractivity contribution is 14.0. The Hall–Kier alpha value is -1.26. The van der Waals surface area contributed by atoms with Crippen LogP contribution in [0.15, 0.2) is 23.2 Å². The maximum absolute atomic E-state index is 5.67. The number of anilines is 1. The summed E-state index contributed by atoms with van der Waals surface area (Å²) >= 11 is 0. The smallest absolute Gasteiger partial charge is 0.195 e. The fourth-order valence-corrected chi connectivity index (χ4v) is 3.24. The molecule has 0 radical (unpaired) electrons. The highest BCUT2D eigenvalue weighted by atomic mass is 127. The molecular weight excluding hydrogens is 481 g/mol. The minimum absolute atomic E-state index is 0. The van der Waals surface area contributed by atoms with E-state index in [1.807, 2.05) is 25.1 Å². The number of methoxy groups -OCH3 is 1. The first-order chi connectivity index (χ1) is 13.5. The number of hydrogen-bond acceptors (Lipinski definition) is 5.